The zero-order valence-corrected chi connectivity index (χ0v) is 17.1. The van der Waals surface area contributed by atoms with E-state index in [4.69, 9.17) is 28.9 Å². The van der Waals surface area contributed by atoms with Crippen LogP contribution in [0.3, 0.4) is 0 Å². The Morgan fingerprint density at radius 2 is 1.89 bits per heavy atom. The molecule has 2 aromatic heterocycles. The van der Waals surface area contributed by atoms with Crippen LogP contribution >= 0.6 is 34.5 Å². The number of nitrogens with one attached hydrogen (secondary N) is 1. The standard InChI is InChI=1S/C20H17Cl2N5S/c21-17-4-1-12(8-18(17)22)7-16(23)11-25-20-27-26-19(28-20)14-2-3-15-10-24-6-5-13(15)9-14/h1-6,8-10,16H,7,11,23H2,(H,25,27)/t16-/m0/s1. The maximum absolute atomic E-state index is 6.23. The number of nitrogens with zero attached hydrogens (tertiary/aromatic N) is 3. The molecule has 8 heteroatoms. The van der Waals surface area contributed by atoms with E-state index in [1.54, 1.807) is 12.3 Å². The van der Waals surface area contributed by atoms with Crippen LogP contribution in [0.4, 0.5) is 5.13 Å². The number of halogens is 2. The predicted octanol–water partition coefficient (Wildman–Crippen LogP) is 5.04. The van der Waals surface area contributed by atoms with Crippen LogP contribution in [0.1, 0.15) is 5.56 Å². The fourth-order valence-corrected chi connectivity index (χ4v) is 3.96. The number of aromatic nitrogens is 3. The summed E-state index contributed by atoms with van der Waals surface area (Å²) < 4.78 is 0. The third kappa shape index (κ3) is 4.42. The van der Waals surface area contributed by atoms with E-state index in [1.807, 2.05) is 36.5 Å². The van der Waals surface area contributed by atoms with Crippen molar-refractivity contribution in [2.24, 2.45) is 5.73 Å². The van der Waals surface area contributed by atoms with Gasteiger partial charge in [0.25, 0.3) is 0 Å². The Bertz CT molecular complexity index is 1110. The molecule has 28 heavy (non-hydrogen) atoms. The molecule has 0 unspecified atom stereocenters. The summed E-state index contributed by atoms with van der Waals surface area (Å²) in [7, 11) is 0. The highest BCUT2D eigenvalue weighted by Crippen LogP contribution is 2.29. The normalized spacial score (nSPS) is 12.2. The first kappa shape index (κ1) is 19.1. The summed E-state index contributed by atoms with van der Waals surface area (Å²) in [4.78, 5) is 4.14. The number of hydrogen-bond donors (Lipinski definition) is 2. The van der Waals surface area contributed by atoms with Crippen molar-refractivity contribution >= 4 is 50.4 Å². The first-order chi connectivity index (χ1) is 13.6. The van der Waals surface area contributed by atoms with E-state index in [-0.39, 0.29) is 6.04 Å². The summed E-state index contributed by atoms with van der Waals surface area (Å²) in [5.41, 5.74) is 8.31. The van der Waals surface area contributed by atoms with Crippen LogP contribution in [0, 0.1) is 0 Å². The van der Waals surface area contributed by atoms with Crippen molar-refractivity contribution in [2.45, 2.75) is 12.5 Å². The Morgan fingerprint density at radius 3 is 2.75 bits per heavy atom. The van der Waals surface area contributed by atoms with Crippen molar-refractivity contribution in [2.75, 3.05) is 11.9 Å². The van der Waals surface area contributed by atoms with Crippen LogP contribution < -0.4 is 11.1 Å². The van der Waals surface area contributed by atoms with Gasteiger partial charge in [0, 0.05) is 35.9 Å². The summed E-state index contributed by atoms with van der Waals surface area (Å²) in [6.07, 6.45) is 4.32. The second-order valence-electron chi connectivity index (χ2n) is 6.44. The van der Waals surface area contributed by atoms with Gasteiger partial charge >= 0.3 is 0 Å². The first-order valence-corrected chi connectivity index (χ1v) is 10.3. The quantitative estimate of drug-likeness (QED) is 0.448. The van der Waals surface area contributed by atoms with Crippen molar-refractivity contribution in [3.63, 3.8) is 0 Å². The predicted molar refractivity (Wildman–Crippen MR) is 117 cm³/mol. The maximum Gasteiger partial charge on any atom is 0.206 e. The summed E-state index contributed by atoms with van der Waals surface area (Å²) >= 11 is 13.5. The minimum Gasteiger partial charge on any atom is -0.359 e. The molecule has 3 N–H and O–H groups in total. The summed E-state index contributed by atoms with van der Waals surface area (Å²) in [6, 6.07) is 13.6. The average Bonchev–Trinajstić information content (AvgIpc) is 3.18. The van der Waals surface area contributed by atoms with Gasteiger partial charge in [-0.3, -0.25) is 4.98 Å². The molecule has 0 spiro atoms. The van der Waals surface area contributed by atoms with Gasteiger partial charge in [0.2, 0.25) is 5.13 Å². The highest BCUT2D eigenvalue weighted by atomic mass is 35.5. The highest BCUT2D eigenvalue weighted by Gasteiger charge is 2.10. The summed E-state index contributed by atoms with van der Waals surface area (Å²) in [6.45, 7) is 0.582. The van der Waals surface area contributed by atoms with Gasteiger partial charge in [-0.15, -0.1) is 10.2 Å². The molecule has 5 nitrogen and oxygen atoms in total. The number of hydrogen-bond acceptors (Lipinski definition) is 6. The van der Waals surface area contributed by atoms with E-state index in [1.165, 1.54) is 11.3 Å². The molecule has 4 aromatic rings. The number of rotatable bonds is 6. The lowest BCUT2D eigenvalue weighted by molar-refractivity contribution is 0.698. The molecule has 0 aliphatic rings. The summed E-state index contributed by atoms with van der Waals surface area (Å²) in [5.74, 6) is 0. The van der Waals surface area contributed by atoms with Gasteiger partial charge in [-0.2, -0.15) is 0 Å². The minimum absolute atomic E-state index is 0.0854. The lowest BCUT2D eigenvalue weighted by Gasteiger charge is -2.12. The number of fused-ring (bicyclic) bond motifs is 1. The SMILES string of the molecule is N[C@H](CNc1nnc(-c2ccc3cnccc3c2)s1)Cc1ccc(Cl)c(Cl)c1. The third-order valence-corrected chi connectivity index (χ3v) is 5.98. The van der Waals surface area contributed by atoms with Crippen LogP contribution in [0.2, 0.25) is 10.0 Å². The third-order valence-electron chi connectivity index (χ3n) is 4.31. The number of pyridine rings is 1. The van der Waals surface area contributed by atoms with Crippen LogP contribution in [0.25, 0.3) is 21.3 Å². The molecule has 0 bridgehead atoms. The van der Waals surface area contributed by atoms with Gasteiger partial charge in [-0.1, -0.05) is 52.7 Å². The molecular formula is C20H17Cl2N5S. The molecule has 0 radical (unpaired) electrons. The van der Waals surface area contributed by atoms with Crippen molar-refractivity contribution in [1.82, 2.24) is 15.2 Å². The molecule has 4 rings (SSSR count). The van der Waals surface area contributed by atoms with Crippen LogP contribution in [-0.2, 0) is 6.42 Å². The van der Waals surface area contributed by atoms with Crippen LogP contribution in [0.15, 0.2) is 54.9 Å². The van der Waals surface area contributed by atoms with Crippen molar-refractivity contribution < 1.29 is 0 Å². The topological polar surface area (TPSA) is 76.7 Å². The molecule has 0 saturated heterocycles. The Labute approximate surface area is 176 Å². The number of nitrogens with two attached hydrogens (primary N) is 1. The summed E-state index contributed by atoms with van der Waals surface area (Å²) in [5, 5.41) is 16.7. The molecule has 0 saturated carbocycles. The zero-order valence-electron chi connectivity index (χ0n) is 14.8. The molecule has 1 atom stereocenters. The Balaban J connectivity index is 1.39. The van der Waals surface area contributed by atoms with Gasteiger partial charge in [0.15, 0.2) is 0 Å². The molecule has 2 heterocycles. The monoisotopic (exact) mass is 429 g/mol. The smallest absolute Gasteiger partial charge is 0.206 e. The van der Waals surface area contributed by atoms with Gasteiger partial charge in [0.05, 0.1) is 10.0 Å². The minimum atomic E-state index is -0.0854. The van der Waals surface area contributed by atoms with Gasteiger partial charge in [0.1, 0.15) is 5.01 Å². The lowest BCUT2D eigenvalue weighted by atomic mass is 10.1. The second-order valence-corrected chi connectivity index (χ2v) is 8.24. The zero-order chi connectivity index (χ0) is 19.5. The van der Waals surface area contributed by atoms with E-state index in [0.717, 1.165) is 32.0 Å². The Morgan fingerprint density at radius 1 is 1.00 bits per heavy atom. The molecule has 0 amide bonds. The molecule has 0 aliphatic carbocycles. The average molecular weight is 430 g/mol. The molecule has 142 valence electrons. The van der Waals surface area contributed by atoms with E-state index in [0.29, 0.717) is 23.0 Å². The lowest BCUT2D eigenvalue weighted by Crippen LogP contribution is -2.31. The molecule has 0 aliphatic heterocycles. The van der Waals surface area contributed by atoms with Crippen molar-refractivity contribution in [3.8, 4) is 10.6 Å². The second kappa shape index (κ2) is 8.41. The van der Waals surface area contributed by atoms with Gasteiger partial charge in [-0.05, 0) is 41.6 Å². The molecule has 2 aromatic carbocycles. The van der Waals surface area contributed by atoms with Crippen molar-refractivity contribution in [1.29, 1.82) is 0 Å². The fraction of sp³-hybridized carbons (Fsp3) is 0.150. The van der Waals surface area contributed by atoms with E-state index in [9.17, 15) is 0 Å². The number of anilines is 1. The van der Waals surface area contributed by atoms with E-state index < -0.39 is 0 Å². The molecular weight excluding hydrogens is 413 g/mol. The molecule has 0 fully saturated rings. The number of benzene rings is 2. The van der Waals surface area contributed by atoms with Gasteiger partial charge < -0.3 is 11.1 Å². The van der Waals surface area contributed by atoms with Crippen LogP contribution in [-0.4, -0.2) is 27.8 Å². The maximum atomic E-state index is 6.23. The Kier molecular flexibility index (Phi) is 5.73. The van der Waals surface area contributed by atoms with Gasteiger partial charge in [-0.25, -0.2) is 0 Å². The van der Waals surface area contributed by atoms with Crippen LogP contribution in [0.5, 0.6) is 0 Å². The van der Waals surface area contributed by atoms with E-state index >= 15 is 0 Å². The first-order valence-electron chi connectivity index (χ1n) is 8.69. The van der Waals surface area contributed by atoms with Crippen molar-refractivity contribution in [3.05, 3.63) is 70.5 Å². The largest absolute Gasteiger partial charge is 0.359 e. The van der Waals surface area contributed by atoms with E-state index in [2.05, 4.69) is 26.6 Å². The fourth-order valence-electron chi connectivity index (χ4n) is 2.89. The Hall–Kier alpha value is -2.25. The highest BCUT2D eigenvalue weighted by molar-refractivity contribution is 7.18.